The van der Waals surface area contributed by atoms with Crippen LogP contribution in [-0.2, 0) is 14.6 Å². The van der Waals surface area contributed by atoms with Crippen molar-refractivity contribution < 1.29 is 13.2 Å². The molecule has 19 heavy (non-hydrogen) atoms. The zero-order valence-corrected chi connectivity index (χ0v) is 13.0. The summed E-state index contributed by atoms with van der Waals surface area (Å²) in [6, 6.07) is 0.151. The molecular formula is C13H28N2O3S. The highest BCUT2D eigenvalue weighted by Gasteiger charge is 2.27. The van der Waals surface area contributed by atoms with Gasteiger partial charge in [-0.3, -0.25) is 4.90 Å². The molecule has 0 spiro atoms. The number of nitrogens with one attached hydrogen (secondary N) is 1. The number of hydrogen-bond acceptors (Lipinski definition) is 5. The lowest BCUT2D eigenvalue weighted by Crippen LogP contribution is -2.48. The van der Waals surface area contributed by atoms with E-state index in [1.54, 1.807) is 0 Å². The second-order valence-electron chi connectivity index (χ2n) is 5.15. The smallest absolute Gasteiger partial charge is 0.153 e. The highest BCUT2D eigenvalue weighted by atomic mass is 32.2. The second-order valence-corrected chi connectivity index (χ2v) is 7.38. The molecule has 1 aliphatic rings. The van der Waals surface area contributed by atoms with Crippen molar-refractivity contribution in [2.24, 2.45) is 0 Å². The van der Waals surface area contributed by atoms with E-state index in [-0.39, 0.29) is 6.04 Å². The minimum Gasteiger partial charge on any atom is -0.382 e. The Hall–Kier alpha value is -0.170. The fourth-order valence-corrected chi connectivity index (χ4v) is 3.94. The standard InChI is InChI=1S/C13H28N2O3S/c1-3-18-10-5-4-6-14-7-8-15-9-11-19(16,17)12-13(15)2/h13-14H,3-12H2,1-2H3. The Balaban J connectivity index is 2.01. The quantitative estimate of drug-likeness (QED) is 0.628. The van der Waals surface area contributed by atoms with E-state index in [2.05, 4.69) is 10.2 Å². The van der Waals surface area contributed by atoms with Gasteiger partial charge in [-0.2, -0.15) is 0 Å². The summed E-state index contributed by atoms with van der Waals surface area (Å²) in [4.78, 5) is 2.26. The molecule has 1 saturated heterocycles. The van der Waals surface area contributed by atoms with Crippen LogP contribution < -0.4 is 5.32 Å². The molecule has 0 aromatic heterocycles. The Morgan fingerprint density at radius 1 is 1.32 bits per heavy atom. The normalized spacial score (nSPS) is 23.6. The highest BCUT2D eigenvalue weighted by molar-refractivity contribution is 7.91. The molecule has 114 valence electrons. The number of hydrogen-bond donors (Lipinski definition) is 1. The van der Waals surface area contributed by atoms with E-state index >= 15 is 0 Å². The monoisotopic (exact) mass is 292 g/mol. The van der Waals surface area contributed by atoms with E-state index in [0.717, 1.165) is 45.7 Å². The van der Waals surface area contributed by atoms with Crippen LogP contribution in [0.15, 0.2) is 0 Å². The van der Waals surface area contributed by atoms with Crippen LogP contribution in [0.1, 0.15) is 26.7 Å². The summed E-state index contributed by atoms with van der Waals surface area (Å²) in [5.41, 5.74) is 0. The summed E-state index contributed by atoms with van der Waals surface area (Å²) in [6.07, 6.45) is 2.23. The number of unbranched alkanes of at least 4 members (excludes halogenated alkanes) is 1. The van der Waals surface area contributed by atoms with Crippen LogP contribution in [0.5, 0.6) is 0 Å². The van der Waals surface area contributed by atoms with Gasteiger partial charge >= 0.3 is 0 Å². The van der Waals surface area contributed by atoms with Gasteiger partial charge in [-0.25, -0.2) is 8.42 Å². The Morgan fingerprint density at radius 2 is 2.11 bits per heavy atom. The van der Waals surface area contributed by atoms with E-state index in [0.29, 0.717) is 18.1 Å². The van der Waals surface area contributed by atoms with Crippen LogP contribution in [0, 0.1) is 0 Å². The van der Waals surface area contributed by atoms with Crippen LogP contribution in [0.25, 0.3) is 0 Å². The third-order valence-corrected chi connectivity index (χ3v) is 5.27. The van der Waals surface area contributed by atoms with Crippen LogP contribution >= 0.6 is 0 Å². The van der Waals surface area contributed by atoms with Gasteiger partial charge in [0.15, 0.2) is 9.84 Å². The maximum absolute atomic E-state index is 11.5. The molecule has 1 aliphatic heterocycles. The molecule has 1 fully saturated rings. The second kappa shape index (κ2) is 8.89. The molecule has 0 radical (unpaired) electrons. The third kappa shape index (κ3) is 7.25. The molecule has 0 aromatic rings. The number of nitrogens with zero attached hydrogens (tertiary/aromatic N) is 1. The van der Waals surface area contributed by atoms with Crippen LogP contribution in [0.3, 0.4) is 0 Å². The average Bonchev–Trinajstić information content (AvgIpc) is 2.34. The predicted octanol–water partition coefficient (Wildman–Crippen LogP) is 0.512. The van der Waals surface area contributed by atoms with Gasteiger partial charge in [0.1, 0.15) is 0 Å². The van der Waals surface area contributed by atoms with Crippen molar-refractivity contribution in [1.29, 1.82) is 0 Å². The fraction of sp³-hybridized carbons (Fsp3) is 1.00. The van der Waals surface area contributed by atoms with E-state index < -0.39 is 9.84 Å². The molecular weight excluding hydrogens is 264 g/mol. The zero-order chi connectivity index (χ0) is 14.1. The molecule has 0 aliphatic carbocycles. The van der Waals surface area contributed by atoms with Gasteiger partial charge in [-0.1, -0.05) is 0 Å². The Morgan fingerprint density at radius 3 is 2.79 bits per heavy atom. The van der Waals surface area contributed by atoms with Gasteiger partial charge in [0, 0.05) is 38.9 Å². The molecule has 0 bridgehead atoms. The van der Waals surface area contributed by atoms with Crippen molar-refractivity contribution in [3.05, 3.63) is 0 Å². The molecule has 6 heteroatoms. The first kappa shape index (κ1) is 16.9. The molecule has 0 amide bonds. The molecule has 0 saturated carbocycles. The van der Waals surface area contributed by atoms with Crippen molar-refractivity contribution in [1.82, 2.24) is 10.2 Å². The Bertz CT molecular complexity index is 333. The summed E-state index contributed by atoms with van der Waals surface area (Å²) in [7, 11) is -2.79. The molecule has 1 unspecified atom stereocenters. The van der Waals surface area contributed by atoms with Gasteiger partial charge in [0.25, 0.3) is 0 Å². The van der Waals surface area contributed by atoms with Crippen molar-refractivity contribution in [2.45, 2.75) is 32.7 Å². The summed E-state index contributed by atoms with van der Waals surface area (Å²) < 4.78 is 28.2. The first-order chi connectivity index (χ1) is 9.05. The first-order valence-electron chi connectivity index (χ1n) is 7.28. The lowest BCUT2D eigenvalue weighted by atomic mass is 10.3. The van der Waals surface area contributed by atoms with Crippen molar-refractivity contribution in [2.75, 3.05) is 50.9 Å². The average molecular weight is 292 g/mol. The topological polar surface area (TPSA) is 58.6 Å². The van der Waals surface area contributed by atoms with Gasteiger partial charge in [-0.15, -0.1) is 0 Å². The van der Waals surface area contributed by atoms with E-state index in [4.69, 9.17) is 4.74 Å². The highest BCUT2D eigenvalue weighted by Crippen LogP contribution is 2.10. The SMILES string of the molecule is CCOCCCCNCCN1CCS(=O)(=O)CC1C. The molecule has 1 N–H and O–H groups in total. The van der Waals surface area contributed by atoms with Crippen LogP contribution in [0.2, 0.25) is 0 Å². The van der Waals surface area contributed by atoms with Gasteiger partial charge in [0.05, 0.1) is 11.5 Å². The molecule has 1 heterocycles. The molecule has 5 nitrogen and oxygen atoms in total. The predicted molar refractivity (Wildman–Crippen MR) is 78.3 cm³/mol. The van der Waals surface area contributed by atoms with E-state index in [9.17, 15) is 8.42 Å². The van der Waals surface area contributed by atoms with Crippen molar-refractivity contribution in [3.63, 3.8) is 0 Å². The Labute approximate surface area is 117 Å². The summed E-state index contributed by atoms with van der Waals surface area (Å²) >= 11 is 0. The lowest BCUT2D eigenvalue weighted by molar-refractivity contribution is 0.143. The zero-order valence-electron chi connectivity index (χ0n) is 12.2. The maximum Gasteiger partial charge on any atom is 0.153 e. The van der Waals surface area contributed by atoms with Crippen LogP contribution in [-0.4, -0.2) is 70.3 Å². The first-order valence-corrected chi connectivity index (χ1v) is 9.10. The molecule has 0 aromatic carbocycles. The van der Waals surface area contributed by atoms with Crippen LogP contribution in [0.4, 0.5) is 0 Å². The van der Waals surface area contributed by atoms with Crippen molar-refractivity contribution in [3.8, 4) is 0 Å². The fourth-order valence-electron chi connectivity index (χ4n) is 2.31. The summed E-state index contributed by atoms with van der Waals surface area (Å²) in [5, 5.41) is 3.40. The molecule has 1 rings (SSSR count). The molecule has 1 atom stereocenters. The van der Waals surface area contributed by atoms with E-state index in [1.807, 2.05) is 13.8 Å². The van der Waals surface area contributed by atoms with Gasteiger partial charge in [0.2, 0.25) is 0 Å². The number of ether oxygens (including phenoxy) is 1. The lowest BCUT2D eigenvalue weighted by Gasteiger charge is -2.33. The number of sulfone groups is 1. The largest absolute Gasteiger partial charge is 0.382 e. The van der Waals surface area contributed by atoms with Gasteiger partial charge in [-0.05, 0) is 33.2 Å². The summed E-state index contributed by atoms with van der Waals surface area (Å²) in [5.74, 6) is 0.618. The minimum atomic E-state index is -2.79. The minimum absolute atomic E-state index is 0.151. The van der Waals surface area contributed by atoms with E-state index in [1.165, 1.54) is 0 Å². The van der Waals surface area contributed by atoms with Gasteiger partial charge < -0.3 is 10.1 Å². The number of rotatable bonds is 9. The van der Waals surface area contributed by atoms with Crippen molar-refractivity contribution >= 4 is 9.84 Å². The Kier molecular flexibility index (Phi) is 7.90. The maximum atomic E-state index is 11.5. The summed E-state index contributed by atoms with van der Waals surface area (Å²) in [6.45, 7) is 9.20. The third-order valence-electron chi connectivity index (χ3n) is 3.48.